The number of ether oxygens (including phenoxy) is 1. The third-order valence-corrected chi connectivity index (χ3v) is 4.73. The molecule has 0 atom stereocenters. The fourth-order valence-electron chi connectivity index (χ4n) is 1.69. The van der Waals surface area contributed by atoms with E-state index < -0.39 is 0 Å². The van der Waals surface area contributed by atoms with Gasteiger partial charge in [0.25, 0.3) is 0 Å². The summed E-state index contributed by atoms with van der Waals surface area (Å²) in [4.78, 5) is 11.5. The molecule has 0 aliphatic rings. The van der Waals surface area contributed by atoms with Crippen molar-refractivity contribution in [2.24, 2.45) is 0 Å². The van der Waals surface area contributed by atoms with Crippen LogP contribution in [0.5, 0.6) is 0 Å². The molecule has 2 aromatic rings. The van der Waals surface area contributed by atoms with Gasteiger partial charge in [-0.05, 0) is 34.5 Å². The Morgan fingerprint density at radius 1 is 1.37 bits per heavy atom. The molecule has 0 fully saturated rings. The van der Waals surface area contributed by atoms with Gasteiger partial charge in [0.15, 0.2) is 5.82 Å². The van der Waals surface area contributed by atoms with Crippen LogP contribution in [0.4, 0.5) is 5.82 Å². The Hall–Kier alpha value is -0.980. The molecule has 2 aromatic heterocycles. The number of nitrogens with zero attached hydrogens (tertiary/aromatic N) is 2. The zero-order chi connectivity index (χ0) is 13.8. The van der Waals surface area contributed by atoms with Crippen LogP contribution in [0.25, 0.3) is 10.7 Å². The summed E-state index contributed by atoms with van der Waals surface area (Å²) in [6, 6.07) is 4.20. The SMILES string of the molecule is CCc1ccc(-c2nc(COC)c(Br)c(NC)n2)s1. The van der Waals surface area contributed by atoms with E-state index in [0.717, 1.165) is 33.1 Å². The van der Waals surface area contributed by atoms with Crippen LogP contribution in [0, 0.1) is 0 Å². The predicted molar refractivity (Wildman–Crippen MR) is 82.7 cm³/mol. The van der Waals surface area contributed by atoms with Crippen molar-refractivity contribution >= 4 is 33.1 Å². The molecule has 0 saturated carbocycles. The summed E-state index contributed by atoms with van der Waals surface area (Å²) in [5.41, 5.74) is 0.850. The standard InChI is InChI=1S/C13H16BrN3OS/c1-4-8-5-6-10(19-8)12-16-9(7-18-3)11(14)13(15-2)17-12/h5-6H,4,7H2,1-3H3,(H,15,16,17). The first-order valence-electron chi connectivity index (χ1n) is 6.01. The maximum atomic E-state index is 5.18. The predicted octanol–water partition coefficient (Wildman–Crippen LogP) is 3.72. The Balaban J connectivity index is 2.47. The Labute approximate surface area is 125 Å². The number of aromatic nitrogens is 2. The zero-order valence-electron chi connectivity index (χ0n) is 11.2. The number of hydrogen-bond donors (Lipinski definition) is 1. The summed E-state index contributed by atoms with van der Waals surface area (Å²) < 4.78 is 6.04. The number of nitrogens with one attached hydrogen (secondary N) is 1. The molecule has 2 rings (SSSR count). The normalized spacial score (nSPS) is 10.7. The van der Waals surface area contributed by atoms with Crippen molar-refractivity contribution in [3.05, 3.63) is 27.2 Å². The van der Waals surface area contributed by atoms with Gasteiger partial charge in [-0.2, -0.15) is 0 Å². The number of halogens is 1. The second-order valence-electron chi connectivity index (χ2n) is 3.96. The second-order valence-corrected chi connectivity index (χ2v) is 5.92. The van der Waals surface area contributed by atoms with Gasteiger partial charge >= 0.3 is 0 Å². The van der Waals surface area contributed by atoms with Crippen molar-refractivity contribution in [1.82, 2.24) is 9.97 Å². The molecular formula is C13H16BrN3OS. The molecule has 0 aliphatic carbocycles. The Bertz CT molecular complexity index is 571. The van der Waals surface area contributed by atoms with Gasteiger partial charge in [0.05, 0.1) is 21.7 Å². The summed E-state index contributed by atoms with van der Waals surface area (Å²) >= 11 is 5.23. The summed E-state index contributed by atoms with van der Waals surface area (Å²) in [6.45, 7) is 2.60. The van der Waals surface area contributed by atoms with E-state index in [-0.39, 0.29) is 0 Å². The van der Waals surface area contributed by atoms with Crippen LogP contribution in [0.15, 0.2) is 16.6 Å². The quantitative estimate of drug-likeness (QED) is 0.900. The van der Waals surface area contributed by atoms with E-state index in [2.05, 4.69) is 50.3 Å². The molecular weight excluding hydrogens is 326 g/mol. The molecule has 19 heavy (non-hydrogen) atoms. The van der Waals surface area contributed by atoms with Crippen molar-refractivity contribution in [2.75, 3.05) is 19.5 Å². The van der Waals surface area contributed by atoms with Gasteiger partial charge in [-0.25, -0.2) is 9.97 Å². The Morgan fingerprint density at radius 2 is 2.16 bits per heavy atom. The smallest absolute Gasteiger partial charge is 0.172 e. The van der Waals surface area contributed by atoms with Gasteiger partial charge in [-0.15, -0.1) is 11.3 Å². The van der Waals surface area contributed by atoms with E-state index in [0.29, 0.717) is 6.61 Å². The summed E-state index contributed by atoms with van der Waals surface area (Å²) in [7, 11) is 3.51. The zero-order valence-corrected chi connectivity index (χ0v) is 13.6. The van der Waals surface area contributed by atoms with Crippen LogP contribution < -0.4 is 5.32 Å². The molecule has 0 aliphatic heterocycles. The molecule has 0 unspecified atom stereocenters. The van der Waals surface area contributed by atoms with Crippen LogP contribution in [0.1, 0.15) is 17.5 Å². The largest absolute Gasteiger partial charge is 0.378 e. The lowest BCUT2D eigenvalue weighted by molar-refractivity contribution is 0.181. The highest BCUT2D eigenvalue weighted by molar-refractivity contribution is 9.10. The number of aryl methyl sites for hydroxylation is 1. The molecule has 0 aromatic carbocycles. The van der Waals surface area contributed by atoms with Crippen molar-refractivity contribution in [1.29, 1.82) is 0 Å². The minimum atomic E-state index is 0.455. The monoisotopic (exact) mass is 341 g/mol. The number of hydrogen-bond acceptors (Lipinski definition) is 5. The van der Waals surface area contributed by atoms with E-state index in [1.54, 1.807) is 18.4 Å². The van der Waals surface area contributed by atoms with Crippen molar-refractivity contribution < 1.29 is 4.74 Å². The molecule has 0 saturated heterocycles. The van der Waals surface area contributed by atoms with Gasteiger partial charge in [-0.3, -0.25) is 0 Å². The van der Waals surface area contributed by atoms with E-state index in [1.165, 1.54) is 4.88 Å². The summed E-state index contributed by atoms with van der Waals surface area (Å²) in [5.74, 6) is 1.52. The molecule has 1 N–H and O–H groups in total. The Morgan fingerprint density at radius 3 is 2.74 bits per heavy atom. The Kier molecular flexibility index (Phi) is 4.90. The number of rotatable bonds is 5. The average Bonchev–Trinajstić information content (AvgIpc) is 2.90. The maximum absolute atomic E-state index is 5.18. The van der Waals surface area contributed by atoms with Crippen LogP contribution in [0.3, 0.4) is 0 Å². The molecule has 0 amide bonds. The topological polar surface area (TPSA) is 47.0 Å². The fraction of sp³-hybridized carbons (Fsp3) is 0.385. The van der Waals surface area contributed by atoms with Gasteiger partial charge in [-0.1, -0.05) is 6.92 Å². The van der Waals surface area contributed by atoms with E-state index >= 15 is 0 Å². The van der Waals surface area contributed by atoms with Crippen LogP contribution >= 0.6 is 27.3 Å². The van der Waals surface area contributed by atoms with Crippen molar-refractivity contribution in [3.63, 3.8) is 0 Å². The third-order valence-electron chi connectivity index (χ3n) is 2.67. The van der Waals surface area contributed by atoms with Gasteiger partial charge in [0.1, 0.15) is 5.82 Å². The highest BCUT2D eigenvalue weighted by atomic mass is 79.9. The lowest BCUT2D eigenvalue weighted by Gasteiger charge is -2.09. The van der Waals surface area contributed by atoms with Crippen LogP contribution in [-0.4, -0.2) is 24.1 Å². The van der Waals surface area contributed by atoms with E-state index in [4.69, 9.17) is 4.74 Å². The molecule has 4 nitrogen and oxygen atoms in total. The first-order valence-corrected chi connectivity index (χ1v) is 7.62. The number of methoxy groups -OCH3 is 1. The van der Waals surface area contributed by atoms with Crippen LogP contribution in [-0.2, 0) is 17.8 Å². The summed E-state index contributed by atoms with van der Waals surface area (Å²) in [5, 5.41) is 3.08. The number of anilines is 1. The molecule has 2 heterocycles. The maximum Gasteiger partial charge on any atom is 0.172 e. The molecule has 0 spiro atoms. The van der Waals surface area contributed by atoms with Gasteiger partial charge in [0.2, 0.25) is 0 Å². The minimum absolute atomic E-state index is 0.455. The molecule has 102 valence electrons. The molecule has 0 bridgehead atoms. The van der Waals surface area contributed by atoms with Crippen molar-refractivity contribution in [3.8, 4) is 10.7 Å². The highest BCUT2D eigenvalue weighted by Crippen LogP contribution is 2.31. The molecule has 0 radical (unpaired) electrons. The lowest BCUT2D eigenvalue weighted by atomic mass is 10.3. The highest BCUT2D eigenvalue weighted by Gasteiger charge is 2.13. The average molecular weight is 342 g/mol. The van der Waals surface area contributed by atoms with E-state index in [9.17, 15) is 0 Å². The second kappa shape index (κ2) is 6.45. The first kappa shape index (κ1) is 14.4. The lowest BCUT2D eigenvalue weighted by Crippen LogP contribution is -2.03. The van der Waals surface area contributed by atoms with E-state index in [1.807, 2.05) is 7.05 Å². The van der Waals surface area contributed by atoms with Crippen LogP contribution in [0.2, 0.25) is 0 Å². The van der Waals surface area contributed by atoms with Crippen molar-refractivity contribution in [2.45, 2.75) is 20.0 Å². The third kappa shape index (κ3) is 3.13. The first-order chi connectivity index (χ1) is 9.19. The van der Waals surface area contributed by atoms with Gasteiger partial charge < -0.3 is 10.1 Å². The summed E-state index contributed by atoms with van der Waals surface area (Å²) in [6.07, 6.45) is 1.03. The molecule has 6 heteroatoms. The number of thiophene rings is 1. The minimum Gasteiger partial charge on any atom is -0.378 e. The fourth-order valence-corrected chi connectivity index (χ4v) is 3.06. The van der Waals surface area contributed by atoms with Gasteiger partial charge in [0, 0.05) is 19.0 Å².